The number of para-hydroxylation sites is 1. The number of halogens is 4. The van der Waals surface area contributed by atoms with E-state index in [-0.39, 0.29) is 23.5 Å². The first kappa shape index (κ1) is 34.0. The minimum Gasteiger partial charge on any atom is -0.494 e. The van der Waals surface area contributed by atoms with E-state index in [2.05, 4.69) is 0 Å². The molecule has 0 aliphatic heterocycles. The lowest BCUT2D eigenvalue weighted by Crippen LogP contribution is -2.38. The van der Waals surface area contributed by atoms with Crippen molar-refractivity contribution < 1.29 is 36.6 Å². The van der Waals surface area contributed by atoms with Gasteiger partial charge < -0.3 is 19.1 Å². The standard InChI is InChI=1S/C36H33F4N3O5/c1-5-48-26-14-12-25(13-15-26)43-34(41-30-9-7-6-8-27(30)35(43)45)22(2)42(21-24-11-17-31(46-3)32(19-24)47-4)33(44)20-23-10-16-28(29(37)18-23)36(38,39)40/h6-19,22H,5,20-21H2,1-4H3/t22-/m1/s1. The molecular formula is C36H33F4N3O5. The third kappa shape index (κ3) is 7.12. The molecule has 1 aromatic heterocycles. The molecule has 1 amide bonds. The number of amides is 1. The quantitative estimate of drug-likeness (QED) is 0.138. The Morgan fingerprint density at radius 1 is 0.917 bits per heavy atom. The van der Waals surface area contributed by atoms with E-state index < -0.39 is 35.9 Å². The molecule has 250 valence electrons. The van der Waals surface area contributed by atoms with Crippen molar-refractivity contribution in [2.45, 2.75) is 39.0 Å². The third-order valence-corrected chi connectivity index (χ3v) is 7.86. The Hall–Kier alpha value is -5.39. The van der Waals surface area contributed by atoms with Crippen LogP contribution in [0.2, 0.25) is 0 Å². The molecular weight excluding hydrogens is 630 g/mol. The van der Waals surface area contributed by atoms with Crippen molar-refractivity contribution in [3.8, 4) is 22.9 Å². The fourth-order valence-electron chi connectivity index (χ4n) is 5.47. The fraction of sp³-hybridized carbons (Fsp3) is 0.250. The van der Waals surface area contributed by atoms with Gasteiger partial charge in [0.2, 0.25) is 5.91 Å². The summed E-state index contributed by atoms with van der Waals surface area (Å²) < 4.78 is 72.0. The molecule has 0 bridgehead atoms. The predicted octanol–water partition coefficient (Wildman–Crippen LogP) is 7.29. The predicted molar refractivity (Wildman–Crippen MR) is 172 cm³/mol. The van der Waals surface area contributed by atoms with Crippen LogP contribution in [0.15, 0.2) is 89.7 Å². The van der Waals surface area contributed by atoms with Gasteiger partial charge in [-0.25, -0.2) is 9.37 Å². The van der Waals surface area contributed by atoms with Gasteiger partial charge in [-0.2, -0.15) is 13.2 Å². The number of nitrogens with zero attached hydrogens (tertiary/aromatic N) is 3. The van der Waals surface area contributed by atoms with Crippen LogP contribution in [0, 0.1) is 5.82 Å². The highest BCUT2D eigenvalue weighted by molar-refractivity contribution is 5.80. The van der Waals surface area contributed by atoms with E-state index in [0.717, 1.165) is 6.07 Å². The second-order valence-corrected chi connectivity index (χ2v) is 10.9. The number of methoxy groups -OCH3 is 2. The summed E-state index contributed by atoms with van der Waals surface area (Å²) in [7, 11) is 2.96. The van der Waals surface area contributed by atoms with E-state index in [1.54, 1.807) is 73.7 Å². The maximum Gasteiger partial charge on any atom is 0.419 e. The summed E-state index contributed by atoms with van der Waals surface area (Å²) in [5.74, 6) is -0.310. The van der Waals surface area contributed by atoms with Crippen molar-refractivity contribution in [3.05, 3.63) is 124 Å². The van der Waals surface area contributed by atoms with Crippen LogP contribution in [0.25, 0.3) is 16.6 Å². The molecule has 1 heterocycles. The zero-order valence-corrected chi connectivity index (χ0v) is 26.7. The van der Waals surface area contributed by atoms with Crippen LogP contribution in [0.5, 0.6) is 17.2 Å². The lowest BCUT2D eigenvalue weighted by Gasteiger charge is -2.31. The van der Waals surface area contributed by atoms with Gasteiger partial charge in [-0.1, -0.05) is 24.3 Å². The largest absolute Gasteiger partial charge is 0.494 e. The van der Waals surface area contributed by atoms with Crippen LogP contribution < -0.4 is 19.8 Å². The Morgan fingerprint density at radius 2 is 1.60 bits per heavy atom. The zero-order valence-electron chi connectivity index (χ0n) is 26.7. The first-order valence-corrected chi connectivity index (χ1v) is 15.1. The van der Waals surface area contributed by atoms with Gasteiger partial charge in [0.05, 0.1) is 55.4 Å². The lowest BCUT2D eigenvalue weighted by atomic mass is 10.1. The smallest absolute Gasteiger partial charge is 0.419 e. The van der Waals surface area contributed by atoms with Crippen LogP contribution in [0.1, 0.15) is 42.4 Å². The molecule has 0 saturated carbocycles. The Balaban J connectivity index is 1.63. The highest BCUT2D eigenvalue weighted by atomic mass is 19.4. The van der Waals surface area contributed by atoms with Crippen LogP contribution in [0.3, 0.4) is 0 Å². The summed E-state index contributed by atoms with van der Waals surface area (Å²) in [5.41, 5.74) is -0.224. The highest BCUT2D eigenvalue weighted by Gasteiger charge is 2.34. The molecule has 0 saturated heterocycles. The highest BCUT2D eigenvalue weighted by Crippen LogP contribution is 2.33. The number of hydrogen-bond donors (Lipinski definition) is 0. The average Bonchev–Trinajstić information content (AvgIpc) is 3.06. The summed E-state index contributed by atoms with van der Waals surface area (Å²) in [6.45, 7) is 3.99. The Bertz CT molecular complexity index is 1990. The van der Waals surface area contributed by atoms with Gasteiger partial charge in [0.1, 0.15) is 17.4 Å². The summed E-state index contributed by atoms with van der Waals surface area (Å²) in [5, 5.41) is 0.361. The van der Waals surface area contributed by atoms with Crippen LogP contribution >= 0.6 is 0 Å². The maximum absolute atomic E-state index is 14.5. The van der Waals surface area contributed by atoms with Crippen molar-refractivity contribution in [1.82, 2.24) is 14.5 Å². The summed E-state index contributed by atoms with van der Waals surface area (Å²) in [6.07, 6.45) is -5.31. The van der Waals surface area contributed by atoms with E-state index in [1.165, 1.54) is 23.7 Å². The number of aromatic nitrogens is 2. The number of alkyl halides is 3. The molecule has 4 aromatic carbocycles. The van der Waals surface area contributed by atoms with E-state index in [4.69, 9.17) is 19.2 Å². The molecule has 0 aliphatic carbocycles. The Labute approximate surface area is 274 Å². The molecule has 0 N–H and O–H groups in total. The summed E-state index contributed by atoms with van der Waals surface area (Å²) in [6, 6.07) is 20.4. The summed E-state index contributed by atoms with van der Waals surface area (Å²) >= 11 is 0. The van der Waals surface area contributed by atoms with E-state index in [0.29, 0.717) is 58.1 Å². The minimum atomic E-state index is -4.88. The van der Waals surface area contributed by atoms with Crippen molar-refractivity contribution in [2.24, 2.45) is 0 Å². The topological polar surface area (TPSA) is 82.9 Å². The molecule has 0 unspecified atom stereocenters. The molecule has 0 radical (unpaired) electrons. The normalized spacial score (nSPS) is 12.1. The Morgan fingerprint density at radius 3 is 2.25 bits per heavy atom. The van der Waals surface area contributed by atoms with Crippen LogP contribution in [0.4, 0.5) is 17.6 Å². The minimum absolute atomic E-state index is 0.0184. The first-order valence-electron chi connectivity index (χ1n) is 15.1. The second-order valence-electron chi connectivity index (χ2n) is 10.9. The van der Waals surface area contributed by atoms with Crippen LogP contribution in [-0.2, 0) is 23.9 Å². The summed E-state index contributed by atoms with van der Waals surface area (Å²) in [4.78, 5) is 34.4. The van der Waals surface area contributed by atoms with Gasteiger partial charge in [-0.05, 0) is 85.6 Å². The maximum atomic E-state index is 14.5. The van der Waals surface area contributed by atoms with Gasteiger partial charge in [0.15, 0.2) is 11.5 Å². The molecule has 0 aliphatic rings. The van der Waals surface area contributed by atoms with Crippen molar-refractivity contribution >= 4 is 16.8 Å². The van der Waals surface area contributed by atoms with Gasteiger partial charge in [-0.3, -0.25) is 14.2 Å². The van der Waals surface area contributed by atoms with E-state index in [9.17, 15) is 27.2 Å². The van der Waals surface area contributed by atoms with Crippen molar-refractivity contribution in [3.63, 3.8) is 0 Å². The number of carbonyl (C=O) groups excluding carboxylic acids is 1. The molecule has 5 rings (SSSR count). The molecule has 0 fully saturated rings. The first-order chi connectivity index (χ1) is 22.9. The van der Waals surface area contributed by atoms with E-state index >= 15 is 0 Å². The molecule has 48 heavy (non-hydrogen) atoms. The molecule has 8 nitrogen and oxygen atoms in total. The van der Waals surface area contributed by atoms with Gasteiger partial charge >= 0.3 is 6.18 Å². The molecule has 0 spiro atoms. The molecule has 5 aromatic rings. The average molecular weight is 664 g/mol. The number of hydrogen-bond acceptors (Lipinski definition) is 6. The zero-order chi connectivity index (χ0) is 34.6. The van der Waals surface area contributed by atoms with Gasteiger partial charge in [0.25, 0.3) is 5.56 Å². The number of carbonyl (C=O) groups is 1. The van der Waals surface area contributed by atoms with Crippen molar-refractivity contribution in [1.29, 1.82) is 0 Å². The SMILES string of the molecule is CCOc1ccc(-n2c([C@@H](C)N(Cc3ccc(OC)c(OC)c3)C(=O)Cc3ccc(C(F)(F)F)c(F)c3)nc3ccccc3c2=O)cc1. The second kappa shape index (κ2) is 14.2. The van der Waals surface area contributed by atoms with Crippen molar-refractivity contribution in [2.75, 3.05) is 20.8 Å². The third-order valence-electron chi connectivity index (χ3n) is 7.86. The van der Waals surface area contributed by atoms with Gasteiger partial charge in [-0.15, -0.1) is 0 Å². The number of rotatable bonds is 11. The van der Waals surface area contributed by atoms with Gasteiger partial charge in [0, 0.05) is 6.54 Å². The molecule has 1 atom stereocenters. The number of fused-ring (bicyclic) bond motifs is 1. The number of ether oxygens (including phenoxy) is 3. The molecule has 12 heteroatoms. The van der Waals surface area contributed by atoms with Crippen LogP contribution in [-0.4, -0.2) is 41.2 Å². The lowest BCUT2D eigenvalue weighted by molar-refractivity contribution is -0.140. The monoisotopic (exact) mass is 663 g/mol. The Kier molecular flexibility index (Phi) is 10.0. The van der Waals surface area contributed by atoms with E-state index in [1.807, 2.05) is 6.92 Å². The number of benzene rings is 4. The fourth-order valence-corrected chi connectivity index (χ4v) is 5.47.